The minimum absolute atomic E-state index is 0.0924. The molecule has 3 rings (SSSR count). The molecular formula is C21H22N2O5S. The quantitative estimate of drug-likeness (QED) is 0.696. The zero-order valence-electron chi connectivity index (χ0n) is 16.5. The van der Waals surface area contributed by atoms with Gasteiger partial charge in [-0.15, -0.1) is 0 Å². The number of Topliss-reactive ketones (excluding diaryl/α,β-unsaturated/α-hetero) is 1. The van der Waals surface area contributed by atoms with Crippen molar-refractivity contribution in [3.05, 3.63) is 65.2 Å². The molecule has 0 spiro atoms. The maximum absolute atomic E-state index is 12.9. The predicted molar refractivity (Wildman–Crippen MR) is 109 cm³/mol. The number of carbonyl (C=O) groups is 3. The Labute approximate surface area is 170 Å². The topological polar surface area (TPSA) is 91.8 Å². The number of carbonyl (C=O) groups excluding carboxylic acids is 3. The van der Waals surface area contributed by atoms with Crippen LogP contribution in [0.4, 0.5) is 5.69 Å². The van der Waals surface area contributed by atoms with Gasteiger partial charge in [0.05, 0.1) is 17.9 Å². The first kappa shape index (κ1) is 20.7. The summed E-state index contributed by atoms with van der Waals surface area (Å²) in [4.78, 5) is 38.6. The fourth-order valence-electron chi connectivity index (χ4n) is 3.56. The first-order valence-electron chi connectivity index (χ1n) is 9.08. The van der Waals surface area contributed by atoms with Crippen molar-refractivity contribution in [2.45, 2.75) is 19.8 Å². The van der Waals surface area contributed by atoms with Crippen molar-refractivity contribution < 1.29 is 22.8 Å². The molecule has 2 amide bonds. The van der Waals surface area contributed by atoms with Gasteiger partial charge >= 0.3 is 0 Å². The first-order chi connectivity index (χ1) is 13.6. The second-order valence-corrected chi connectivity index (χ2v) is 9.05. The molecule has 29 heavy (non-hydrogen) atoms. The Kier molecular flexibility index (Phi) is 5.57. The van der Waals surface area contributed by atoms with E-state index >= 15 is 0 Å². The molecule has 0 radical (unpaired) electrons. The second kappa shape index (κ2) is 7.79. The van der Waals surface area contributed by atoms with E-state index in [0.29, 0.717) is 22.4 Å². The van der Waals surface area contributed by atoms with Gasteiger partial charge in [-0.25, -0.2) is 8.42 Å². The van der Waals surface area contributed by atoms with Crippen LogP contribution in [0.3, 0.4) is 0 Å². The molecule has 1 aliphatic rings. The van der Waals surface area contributed by atoms with E-state index in [1.807, 2.05) is 0 Å². The summed E-state index contributed by atoms with van der Waals surface area (Å²) in [7, 11) is -3.79. The zero-order valence-corrected chi connectivity index (χ0v) is 17.3. The smallest absolute Gasteiger partial charge is 0.288 e. The highest BCUT2D eigenvalue weighted by Crippen LogP contribution is 2.29. The van der Waals surface area contributed by atoms with Crippen LogP contribution in [0.5, 0.6) is 0 Å². The third-order valence-electron chi connectivity index (χ3n) is 5.01. The second-order valence-electron chi connectivity index (χ2n) is 7.15. The summed E-state index contributed by atoms with van der Waals surface area (Å²) in [5.74, 6) is -3.03. The molecule has 0 bridgehead atoms. The van der Waals surface area contributed by atoms with Crippen molar-refractivity contribution in [1.29, 1.82) is 0 Å². The molecule has 7 nitrogen and oxygen atoms in total. The minimum atomic E-state index is -3.79. The molecule has 1 aliphatic heterocycles. The Morgan fingerprint density at radius 2 is 1.62 bits per heavy atom. The molecule has 0 saturated carbocycles. The average molecular weight is 414 g/mol. The third kappa shape index (κ3) is 4.07. The largest absolute Gasteiger partial charge is 0.297 e. The number of nitrogens with zero attached hydrogens (tertiary/aromatic N) is 2. The maximum Gasteiger partial charge on any atom is 0.297 e. The van der Waals surface area contributed by atoms with E-state index in [9.17, 15) is 22.8 Å². The molecule has 1 heterocycles. The highest BCUT2D eigenvalue weighted by Gasteiger charge is 2.43. The number of imide groups is 1. The third-order valence-corrected chi connectivity index (χ3v) is 6.12. The standard InChI is InChI=1S/C21H22N2O5S/c1-14-8-7-9-15(2)19(14)23(29(3,27)28)13-18(24)22-12-17(20(25)21(22)26)16-10-5-4-6-11-16/h4-11,17H,12-13H2,1-3H3/t17-/m1/s1. The molecule has 8 heteroatoms. The van der Waals surface area contributed by atoms with Gasteiger partial charge in [0.15, 0.2) is 0 Å². The van der Waals surface area contributed by atoms with Gasteiger partial charge < -0.3 is 0 Å². The molecule has 2 aromatic carbocycles. The maximum atomic E-state index is 12.9. The van der Waals surface area contributed by atoms with Crippen LogP contribution in [0.25, 0.3) is 0 Å². The minimum Gasteiger partial charge on any atom is -0.288 e. The van der Waals surface area contributed by atoms with E-state index in [-0.39, 0.29) is 6.54 Å². The lowest BCUT2D eigenvalue weighted by Crippen LogP contribution is -2.44. The van der Waals surface area contributed by atoms with Gasteiger partial charge in [0.2, 0.25) is 21.7 Å². The zero-order chi connectivity index (χ0) is 21.3. The first-order valence-corrected chi connectivity index (χ1v) is 10.9. The average Bonchev–Trinajstić information content (AvgIpc) is 2.96. The summed E-state index contributed by atoms with van der Waals surface area (Å²) in [5, 5.41) is 0. The van der Waals surface area contributed by atoms with E-state index in [0.717, 1.165) is 15.5 Å². The molecule has 0 aliphatic carbocycles. The van der Waals surface area contributed by atoms with Gasteiger partial charge in [-0.1, -0.05) is 48.5 Å². The summed E-state index contributed by atoms with van der Waals surface area (Å²) in [6.07, 6.45) is 1.01. The Hall–Kier alpha value is -3.00. The lowest BCUT2D eigenvalue weighted by atomic mass is 9.97. The van der Waals surface area contributed by atoms with Crippen molar-refractivity contribution in [3.63, 3.8) is 0 Å². The monoisotopic (exact) mass is 414 g/mol. The lowest BCUT2D eigenvalue weighted by Gasteiger charge is -2.27. The fourth-order valence-corrected chi connectivity index (χ4v) is 4.52. The number of para-hydroxylation sites is 1. The van der Waals surface area contributed by atoms with Crippen LogP contribution in [-0.4, -0.2) is 50.3 Å². The molecule has 2 aromatic rings. The molecule has 1 atom stereocenters. The number of rotatable bonds is 5. The Morgan fingerprint density at radius 1 is 1.03 bits per heavy atom. The van der Waals surface area contributed by atoms with E-state index in [1.54, 1.807) is 62.4 Å². The van der Waals surface area contributed by atoms with E-state index in [2.05, 4.69) is 0 Å². The number of sulfonamides is 1. The van der Waals surface area contributed by atoms with Crippen molar-refractivity contribution in [2.75, 3.05) is 23.7 Å². The Morgan fingerprint density at radius 3 is 2.17 bits per heavy atom. The number of amides is 2. The van der Waals surface area contributed by atoms with E-state index in [4.69, 9.17) is 0 Å². The SMILES string of the molecule is Cc1cccc(C)c1N(CC(=O)N1C[C@H](c2ccccc2)C(=O)C1=O)S(C)(=O)=O. The summed E-state index contributed by atoms with van der Waals surface area (Å²) in [5.41, 5.74) is 2.43. The molecule has 1 fully saturated rings. The molecule has 0 N–H and O–H groups in total. The number of ketones is 1. The molecule has 152 valence electrons. The number of benzene rings is 2. The number of hydrogen-bond acceptors (Lipinski definition) is 5. The summed E-state index contributed by atoms with van der Waals surface area (Å²) in [6.45, 7) is 2.86. The van der Waals surface area contributed by atoms with E-state index < -0.39 is 40.1 Å². The molecule has 0 unspecified atom stereocenters. The number of anilines is 1. The number of likely N-dealkylation sites (tertiary alicyclic amines) is 1. The van der Waals surface area contributed by atoms with Crippen molar-refractivity contribution in [3.8, 4) is 0 Å². The Bertz CT molecular complexity index is 1060. The summed E-state index contributed by atoms with van der Waals surface area (Å²) >= 11 is 0. The van der Waals surface area contributed by atoms with Crippen LogP contribution < -0.4 is 4.31 Å². The van der Waals surface area contributed by atoms with Crippen LogP contribution in [0.15, 0.2) is 48.5 Å². The van der Waals surface area contributed by atoms with Gasteiger partial charge in [-0.2, -0.15) is 0 Å². The summed E-state index contributed by atoms with van der Waals surface area (Å²) < 4.78 is 25.8. The number of hydrogen-bond donors (Lipinski definition) is 0. The van der Waals surface area contributed by atoms with E-state index in [1.165, 1.54) is 0 Å². The van der Waals surface area contributed by atoms with Crippen LogP contribution >= 0.6 is 0 Å². The van der Waals surface area contributed by atoms with Gasteiger partial charge in [0, 0.05) is 6.54 Å². The van der Waals surface area contributed by atoms with Crippen LogP contribution in [0.1, 0.15) is 22.6 Å². The van der Waals surface area contributed by atoms with Gasteiger partial charge in [-0.3, -0.25) is 23.6 Å². The molecule has 0 aromatic heterocycles. The normalized spacial score (nSPS) is 16.9. The molecular weight excluding hydrogens is 392 g/mol. The number of aryl methyl sites for hydroxylation is 2. The van der Waals surface area contributed by atoms with Crippen LogP contribution in [0, 0.1) is 13.8 Å². The van der Waals surface area contributed by atoms with Crippen molar-refractivity contribution in [1.82, 2.24) is 4.90 Å². The van der Waals surface area contributed by atoms with Gasteiger partial charge in [-0.05, 0) is 30.5 Å². The van der Waals surface area contributed by atoms with Crippen molar-refractivity contribution >= 4 is 33.3 Å². The highest BCUT2D eigenvalue weighted by atomic mass is 32.2. The van der Waals surface area contributed by atoms with Crippen molar-refractivity contribution in [2.24, 2.45) is 0 Å². The fraction of sp³-hybridized carbons (Fsp3) is 0.286. The Balaban J connectivity index is 1.89. The van der Waals surface area contributed by atoms with Gasteiger partial charge in [0.1, 0.15) is 6.54 Å². The van der Waals surface area contributed by atoms with Crippen LogP contribution in [-0.2, 0) is 24.4 Å². The molecule has 1 saturated heterocycles. The van der Waals surface area contributed by atoms with Crippen LogP contribution in [0.2, 0.25) is 0 Å². The summed E-state index contributed by atoms with van der Waals surface area (Å²) in [6, 6.07) is 14.0. The lowest BCUT2D eigenvalue weighted by molar-refractivity contribution is -0.146. The predicted octanol–water partition coefficient (Wildman–Crippen LogP) is 1.79. The highest BCUT2D eigenvalue weighted by molar-refractivity contribution is 7.92. The van der Waals surface area contributed by atoms with Gasteiger partial charge in [0.25, 0.3) is 5.91 Å².